The zero-order chi connectivity index (χ0) is 14.5. The SMILES string of the molecule is C[C@H](NCC(O)c1ccccc1Cl)c1cccc(Cl)c1. The maximum atomic E-state index is 10.2. The molecule has 0 aliphatic heterocycles. The molecule has 0 aliphatic carbocycles. The van der Waals surface area contributed by atoms with Crippen molar-refractivity contribution in [3.8, 4) is 0 Å². The van der Waals surface area contributed by atoms with Crippen LogP contribution in [0.5, 0.6) is 0 Å². The average Bonchev–Trinajstić information content (AvgIpc) is 2.45. The van der Waals surface area contributed by atoms with Crippen LogP contribution in [0.3, 0.4) is 0 Å². The van der Waals surface area contributed by atoms with E-state index < -0.39 is 6.10 Å². The summed E-state index contributed by atoms with van der Waals surface area (Å²) >= 11 is 12.0. The van der Waals surface area contributed by atoms with Crippen molar-refractivity contribution in [1.82, 2.24) is 5.32 Å². The molecule has 0 heterocycles. The Labute approximate surface area is 129 Å². The maximum absolute atomic E-state index is 10.2. The summed E-state index contributed by atoms with van der Waals surface area (Å²) in [4.78, 5) is 0. The number of hydrogen-bond acceptors (Lipinski definition) is 2. The minimum absolute atomic E-state index is 0.103. The molecule has 0 aromatic heterocycles. The van der Waals surface area contributed by atoms with E-state index in [0.717, 1.165) is 11.1 Å². The van der Waals surface area contributed by atoms with Crippen molar-refractivity contribution in [2.75, 3.05) is 6.54 Å². The van der Waals surface area contributed by atoms with Gasteiger partial charge in [0.1, 0.15) is 0 Å². The summed E-state index contributed by atoms with van der Waals surface area (Å²) in [7, 11) is 0. The fourth-order valence-electron chi connectivity index (χ4n) is 2.04. The molecule has 1 unspecified atom stereocenters. The summed E-state index contributed by atoms with van der Waals surface area (Å²) < 4.78 is 0. The zero-order valence-corrected chi connectivity index (χ0v) is 12.7. The van der Waals surface area contributed by atoms with E-state index in [4.69, 9.17) is 23.2 Å². The highest BCUT2D eigenvalue weighted by molar-refractivity contribution is 6.31. The molecule has 20 heavy (non-hydrogen) atoms. The lowest BCUT2D eigenvalue weighted by molar-refractivity contribution is 0.171. The Bertz CT molecular complexity index is 574. The lowest BCUT2D eigenvalue weighted by Crippen LogP contribution is -2.24. The van der Waals surface area contributed by atoms with Crippen LogP contribution in [0.4, 0.5) is 0 Å². The summed E-state index contributed by atoms with van der Waals surface area (Å²) in [6.07, 6.45) is -0.634. The molecule has 2 N–H and O–H groups in total. The van der Waals surface area contributed by atoms with Gasteiger partial charge in [0, 0.05) is 28.2 Å². The van der Waals surface area contributed by atoms with Gasteiger partial charge in [-0.25, -0.2) is 0 Å². The van der Waals surface area contributed by atoms with E-state index in [1.807, 2.05) is 49.4 Å². The van der Waals surface area contributed by atoms with Gasteiger partial charge in [-0.3, -0.25) is 0 Å². The highest BCUT2D eigenvalue weighted by Crippen LogP contribution is 2.23. The van der Waals surface area contributed by atoms with Crippen molar-refractivity contribution < 1.29 is 5.11 Å². The quantitative estimate of drug-likeness (QED) is 0.859. The smallest absolute Gasteiger partial charge is 0.0928 e. The molecule has 2 aromatic rings. The van der Waals surface area contributed by atoms with Crippen molar-refractivity contribution >= 4 is 23.2 Å². The third-order valence-electron chi connectivity index (χ3n) is 3.23. The van der Waals surface area contributed by atoms with Crippen LogP contribution in [0.1, 0.15) is 30.2 Å². The number of halogens is 2. The van der Waals surface area contributed by atoms with E-state index in [1.54, 1.807) is 6.07 Å². The first-order valence-corrected chi connectivity index (χ1v) is 7.25. The largest absolute Gasteiger partial charge is 0.387 e. The second kappa shape index (κ2) is 7.09. The van der Waals surface area contributed by atoms with Crippen molar-refractivity contribution in [3.63, 3.8) is 0 Å². The van der Waals surface area contributed by atoms with Crippen molar-refractivity contribution in [2.24, 2.45) is 0 Å². The Morgan fingerprint density at radius 3 is 2.55 bits per heavy atom. The summed E-state index contributed by atoms with van der Waals surface area (Å²) in [5.74, 6) is 0. The van der Waals surface area contributed by atoms with Gasteiger partial charge in [-0.2, -0.15) is 0 Å². The van der Waals surface area contributed by atoms with Crippen molar-refractivity contribution in [1.29, 1.82) is 0 Å². The molecule has 0 radical (unpaired) electrons. The first kappa shape index (κ1) is 15.3. The summed E-state index contributed by atoms with van der Waals surface area (Å²) in [6, 6.07) is 15.1. The van der Waals surface area contributed by atoms with Gasteiger partial charge in [-0.05, 0) is 30.7 Å². The zero-order valence-electron chi connectivity index (χ0n) is 11.2. The molecule has 0 amide bonds. The van der Waals surface area contributed by atoms with Crippen LogP contribution >= 0.6 is 23.2 Å². The van der Waals surface area contributed by atoms with Crippen LogP contribution in [0, 0.1) is 0 Å². The summed E-state index contributed by atoms with van der Waals surface area (Å²) in [5, 5.41) is 14.8. The average molecular weight is 310 g/mol. The van der Waals surface area contributed by atoms with Gasteiger partial charge in [0.2, 0.25) is 0 Å². The maximum Gasteiger partial charge on any atom is 0.0928 e. The Morgan fingerprint density at radius 1 is 1.10 bits per heavy atom. The van der Waals surface area contributed by atoms with Crippen molar-refractivity contribution in [2.45, 2.75) is 19.1 Å². The Hall–Kier alpha value is -1.06. The monoisotopic (exact) mass is 309 g/mol. The van der Waals surface area contributed by atoms with Crippen LogP contribution in [-0.4, -0.2) is 11.7 Å². The second-order valence-corrected chi connectivity index (χ2v) is 5.57. The van der Waals surface area contributed by atoms with E-state index in [2.05, 4.69) is 5.32 Å². The van der Waals surface area contributed by atoms with E-state index in [9.17, 15) is 5.11 Å². The molecule has 2 aromatic carbocycles. The van der Waals surface area contributed by atoms with Crippen LogP contribution < -0.4 is 5.32 Å². The summed E-state index contributed by atoms with van der Waals surface area (Å²) in [6.45, 7) is 2.46. The number of benzene rings is 2. The third kappa shape index (κ3) is 3.97. The standard InChI is InChI=1S/C16H17Cl2NO/c1-11(12-5-4-6-13(17)9-12)19-10-16(20)14-7-2-3-8-15(14)18/h2-9,11,16,19-20H,10H2,1H3/t11-,16?/m0/s1. The van der Waals surface area contributed by atoms with Gasteiger partial charge in [-0.1, -0.05) is 53.5 Å². The molecule has 0 aliphatic rings. The van der Waals surface area contributed by atoms with Gasteiger partial charge >= 0.3 is 0 Å². The van der Waals surface area contributed by atoms with E-state index in [1.165, 1.54) is 0 Å². The first-order chi connectivity index (χ1) is 9.58. The topological polar surface area (TPSA) is 32.3 Å². The number of nitrogens with one attached hydrogen (secondary N) is 1. The van der Waals surface area contributed by atoms with Gasteiger partial charge < -0.3 is 10.4 Å². The van der Waals surface area contributed by atoms with Crippen LogP contribution in [0.2, 0.25) is 10.0 Å². The lowest BCUT2D eigenvalue weighted by Gasteiger charge is -2.18. The fraction of sp³-hybridized carbons (Fsp3) is 0.250. The van der Waals surface area contributed by atoms with E-state index >= 15 is 0 Å². The number of aliphatic hydroxyl groups is 1. The van der Waals surface area contributed by atoms with Gasteiger partial charge in [0.05, 0.1) is 6.10 Å². The molecular formula is C16H17Cl2NO. The van der Waals surface area contributed by atoms with Gasteiger partial charge in [-0.15, -0.1) is 0 Å². The predicted octanol–water partition coefficient (Wildman–Crippen LogP) is 4.38. The summed E-state index contributed by atoms with van der Waals surface area (Å²) in [5.41, 5.74) is 1.82. The highest BCUT2D eigenvalue weighted by Gasteiger charge is 2.13. The Balaban J connectivity index is 1.97. The molecule has 2 atom stereocenters. The van der Waals surface area contributed by atoms with Crippen molar-refractivity contribution in [3.05, 3.63) is 69.7 Å². The highest BCUT2D eigenvalue weighted by atomic mass is 35.5. The number of rotatable bonds is 5. The molecule has 0 spiro atoms. The minimum atomic E-state index is -0.634. The molecule has 2 rings (SSSR count). The van der Waals surface area contributed by atoms with Gasteiger partial charge in [0.25, 0.3) is 0 Å². The Kier molecular flexibility index (Phi) is 5.44. The van der Waals surface area contributed by atoms with Gasteiger partial charge in [0.15, 0.2) is 0 Å². The molecule has 0 fully saturated rings. The van der Waals surface area contributed by atoms with Crippen LogP contribution in [0.25, 0.3) is 0 Å². The van der Waals surface area contributed by atoms with Crippen LogP contribution in [0.15, 0.2) is 48.5 Å². The fourth-order valence-corrected chi connectivity index (χ4v) is 2.50. The molecule has 106 valence electrons. The second-order valence-electron chi connectivity index (χ2n) is 4.72. The Morgan fingerprint density at radius 2 is 1.85 bits per heavy atom. The van der Waals surface area contributed by atoms with Crippen LogP contribution in [-0.2, 0) is 0 Å². The molecule has 0 saturated carbocycles. The number of hydrogen-bond donors (Lipinski definition) is 2. The lowest BCUT2D eigenvalue weighted by atomic mass is 10.1. The molecule has 4 heteroatoms. The molecule has 2 nitrogen and oxygen atoms in total. The van der Waals surface area contributed by atoms with E-state index in [0.29, 0.717) is 16.6 Å². The third-order valence-corrected chi connectivity index (χ3v) is 3.81. The van der Waals surface area contributed by atoms with E-state index in [-0.39, 0.29) is 6.04 Å². The predicted molar refractivity (Wildman–Crippen MR) is 84.3 cm³/mol. The first-order valence-electron chi connectivity index (χ1n) is 6.49. The molecule has 0 saturated heterocycles. The molecular weight excluding hydrogens is 293 g/mol. The molecule has 0 bridgehead atoms. The number of aliphatic hydroxyl groups excluding tert-OH is 1. The normalized spacial score (nSPS) is 14.0. The minimum Gasteiger partial charge on any atom is -0.387 e.